The molecule has 2 heterocycles. The van der Waals surface area contributed by atoms with Crippen LogP contribution in [0, 0.1) is 12.7 Å². The van der Waals surface area contributed by atoms with E-state index in [-0.39, 0.29) is 5.82 Å². The second kappa shape index (κ2) is 3.84. The number of rotatable bonds is 1. The molecule has 2 N–H and O–H groups in total. The summed E-state index contributed by atoms with van der Waals surface area (Å²) in [6.45, 7) is 1.91. The van der Waals surface area contributed by atoms with Gasteiger partial charge in [-0.3, -0.25) is 0 Å². The molecule has 3 rings (SSSR count). The van der Waals surface area contributed by atoms with Gasteiger partial charge in [0.2, 0.25) is 0 Å². The zero-order valence-corrected chi connectivity index (χ0v) is 9.89. The first kappa shape index (κ1) is 10.8. The van der Waals surface area contributed by atoms with Gasteiger partial charge in [0.25, 0.3) is 0 Å². The molecule has 0 aliphatic rings. The average Bonchev–Trinajstić information content (AvgIpc) is 2.67. The van der Waals surface area contributed by atoms with Gasteiger partial charge in [0, 0.05) is 23.1 Å². The summed E-state index contributed by atoms with van der Waals surface area (Å²) in [5.74, 6) is -0.276. The Morgan fingerprint density at radius 2 is 2.06 bits per heavy atom. The van der Waals surface area contributed by atoms with Gasteiger partial charge in [-0.15, -0.1) is 0 Å². The Balaban J connectivity index is 2.27. The molecular formula is C14H12FN3. The highest BCUT2D eigenvalue weighted by atomic mass is 19.1. The van der Waals surface area contributed by atoms with Crippen LogP contribution in [0.3, 0.4) is 0 Å². The van der Waals surface area contributed by atoms with Crippen molar-refractivity contribution >= 4 is 11.3 Å². The molecule has 0 saturated heterocycles. The number of anilines is 1. The molecule has 3 nitrogen and oxygen atoms in total. The van der Waals surface area contributed by atoms with Gasteiger partial charge >= 0.3 is 0 Å². The second-order valence-electron chi connectivity index (χ2n) is 4.25. The van der Waals surface area contributed by atoms with Gasteiger partial charge in [-0.05, 0) is 31.2 Å². The Bertz CT molecular complexity index is 731. The number of benzene rings is 1. The molecule has 0 amide bonds. The molecule has 0 bridgehead atoms. The minimum Gasteiger partial charge on any atom is -0.399 e. The molecule has 2 aromatic heterocycles. The van der Waals surface area contributed by atoms with Crippen LogP contribution >= 0.6 is 0 Å². The molecule has 0 spiro atoms. The highest BCUT2D eigenvalue weighted by molar-refractivity contribution is 5.69. The van der Waals surface area contributed by atoms with Gasteiger partial charge in [0.05, 0.1) is 5.69 Å². The number of nitrogens with two attached hydrogens (primary N) is 1. The van der Waals surface area contributed by atoms with Gasteiger partial charge in [0.1, 0.15) is 11.5 Å². The number of nitrogens with zero attached hydrogens (tertiary/aromatic N) is 2. The van der Waals surface area contributed by atoms with Crippen molar-refractivity contribution in [2.75, 3.05) is 5.73 Å². The van der Waals surface area contributed by atoms with E-state index in [1.54, 1.807) is 10.5 Å². The smallest absolute Gasteiger partial charge is 0.139 e. The highest BCUT2D eigenvalue weighted by Gasteiger charge is 2.10. The Morgan fingerprint density at radius 3 is 2.83 bits per heavy atom. The van der Waals surface area contributed by atoms with Crippen molar-refractivity contribution < 1.29 is 4.39 Å². The first-order valence-corrected chi connectivity index (χ1v) is 5.65. The number of aromatic nitrogens is 2. The summed E-state index contributed by atoms with van der Waals surface area (Å²) in [5, 5.41) is 0. The summed E-state index contributed by atoms with van der Waals surface area (Å²) in [4.78, 5) is 4.51. The lowest BCUT2D eigenvalue weighted by Gasteiger charge is -2.00. The van der Waals surface area contributed by atoms with E-state index in [0.29, 0.717) is 5.69 Å². The topological polar surface area (TPSA) is 43.3 Å². The number of pyridine rings is 1. The van der Waals surface area contributed by atoms with E-state index in [4.69, 9.17) is 5.73 Å². The maximum absolute atomic E-state index is 13.2. The maximum Gasteiger partial charge on any atom is 0.139 e. The third-order valence-corrected chi connectivity index (χ3v) is 2.98. The van der Waals surface area contributed by atoms with Crippen LogP contribution in [0.4, 0.5) is 10.1 Å². The van der Waals surface area contributed by atoms with Crippen LogP contribution in [-0.2, 0) is 0 Å². The standard InChI is InChI=1S/C14H12FN3/c1-9-14(10-3-2-4-12(16)7-10)17-13-6-5-11(15)8-18(9)13/h2-8H,16H2,1H3. The third-order valence-electron chi connectivity index (χ3n) is 2.98. The van der Waals surface area contributed by atoms with Crippen LogP contribution in [0.1, 0.15) is 5.69 Å². The fraction of sp³-hybridized carbons (Fsp3) is 0.0714. The van der Waals surface area contributed by atoms with Gasteiger partial charge in [0.15, 0.2) is 0 Å². The van der Waals surface area contributed by atoms with Crippen molar-refractivity contribution in [1.29, 1.82) is 0 Å². The molecule has 0 fully saturated rings. The van der Waals surface area contributed by atoms with E-state index in [0.717, 1.165) is 22.6 Å². The Hall–Kier alpha value is -2.36. The minimum absolute atomic E-state index is 0.276. The summed E-state index contributed by atoms with van der Waals surface area (Å²) in [7, 11) is 0. The number of aryl methyl sites for hydroxylation is 1. The van der Waals surface area contributed by atoms with Crippen molar-refractivity contribution in [3.63, 3.8) is 0 Å². The Kier molecular flexibility index (Phi) is 2.30. The zero-order valence-electron chi connectivity index (χ0n) is 9.89. The van der Waals surface area contributed by atoms with Crippen LogP contribution in [0.2, 0.25) is 0 Å². The molecule has 0 aliphatic carbocycles. The monoisotopic (exact) mass is 241 g/mol. The number of imidazole rings is 1. The molecule has 0 radical (unpaired) electrons. The van der Waals surface area contributed by atoms with Gasteiger partial charge in [-0.1, -0.05) is 12.1 Å². The SMILES string of the molecule is Cc1c(-c2cccc(N)c2)nc2ccc(F)cn12. The predicted molar refractivity (Wildman–Crippen MR) is 69.7 cm³/mol. The molecule has 1 aromatic carbocycles. The Labute approximate surface area is 104 Å². The van der Waals surface area contributed by atoms with E-state index < -0.39 is 0 Å². The fourth-order valence-corrected chi connectivity index (χ4v) is 2.10. The average molecular weight is 241 g/mol. The molecule has 0 atom stereocenters. The lowest BCUT2D eigenvalue weighted by molar-refractivity contribution is 0.618. The lowest BCUT2D eigenvalue weighted by Crippen LogP contribution is -1.89. The van der Waals surface area contributed by atoms with Crippen molar-refractivity contribution in [3.05, 3.63) is 54.1 Å². The molecule has 3 aromatic rings. The van der Waals surface area contributed by atoms with Crippen molar-refractivity contribution in [2.24, 2.45) is 0 Å². The predicted octanol–water partition coefficient (Wildman–Crippen LogP) is 3.03. The third kappa shape index (κ3) is 1.62. The van der Waals surface area contributed by atoms with Crippen LogP contribution < -0.4 is 5.73 Å². The number of hydrogen-bond donors (Lipinski definition) is 1. The normalized spacial score (nSPS) is 11.0. The van der Waals surface area contributed by atoms with E-state index in [9.17, 15) is 4.39 Å². The van der Waals surface area contributed by atoms with E-state index in [2.05, 4.69) is 4.98 Å². The quantitative estimate of drug-likeness (QED) is 0.665. The van der Waals surface area contributed by atoms with Gasteiger partial charge in [-0.2, -0.15) is 0 Å². The van der Waals surface area contributed by atoms with Gasteiger partial charge < -0.3 is 10.1 Å². The molecule has 18 heavy (non-hydrogen) atoms. The summed E-state index contributed by atoms with van der Waals surface area (Å²) < 4.78 is 15.0. The fourth-order valence-electron chi connectivity index (χ4n) is 2.10. The number of halogens is 1. The van der Waals surface area contributed by atoms with Crippen molar-refractivity contribution in [1.82, 2.24) is 9.38 Å². The van der Waals surface area contributed by atoms with Crippen LogP contribution in [0.5, 0.6) is 0 Å². The molecule has 0 aliphatic heterocycles. The van der Waals surface area contributed by atoms with Crippen LogP contribution in [0.15, 0.2) is 42.6 Å². The largest absolute Gasteiger partial charge is 0.399 e. The van der Waals surface area contributed by atoms with Crippen LogP contribution in [-0.4, -0.2) is 9.38 Å². The number of hydrogen-bond acceptors (Lipinski definition) is 2. The summed E-state index contributed by atoms with van der Waals surface area (Å²) in [6.07, 6.45) is 1.44. The summed E-state index contributed by atoms with van der Waals surface area (Å²) >= 11 is 0. The second-order valence-corrected chi connectivity index (χ2v) is 4.25. The van der Waals surface area contributed by atoms with Crippen molar-refractivity contribution in [2.45, 2.75) is 6.92 Å². The first-order chi connectivity index (χ1) is 8.65. The molecule has 0 unspecified atom stereocenters. The molecule has 4 heteroatoms. The van der Waals surface area contributed by atoms with E-state index in [1.807, 2.05) is 31.2 Å². The number of nitrogen functional groups attached to an aromatic ring is 1. The first-order valence-electron chi connectivity index (χ1n) is 5.65. The summed E-state index contributed by atoms with van der Waals surface area (Å²) in [6, 6.07) is 10.6. The van der Waals surface area contributed by atoms with Gasteiger partial charge in [-0.25, -0.2) is 9.37 Å². The van der Waals surface area contributed by atoms with Crippen LogP contribution in [0.25, 0.3) is 16.9 Å². The highest BCUT2D eigenvalue weighted by Crippen LogP contribution is 2.25. The van der Waals surface area contributed by atoms with E-state index in [1.165, 1.54) is 12.3 Å². The van der Waals surface area contributed by atoms with Crippen molar-refractivity contribution in [3.8, 4) is 11.3 Å². The minimum atomic E-state index is -0.276. The molecular weight excluding hydrogens is 229 g/mol. The lowest BCUT2D eigenvalue weighted by atomic mass is 10.1. The molecule has 0 saturated carbocycles. The Morgan fingerprint density at radius 1 is 1.22 bits per heavy atom. The maximum atomic E-state index is 13.2. The zero-order chi connectivity index (χ0) is 12.7. The molecule has 90 valence electrons. The number of fused-ring (bicyclic) bond motifs is 1. The van der Waals surface area contributed by atoms with E-state index >= 15 is 0 Å². The summed E-state index contributed by atoms with van der Waals surface area (Å²) in [5.41, 5.74) is 9.85.